The van der Waals surface area contributed by atoms with Gasteiger partial charge < -0.3 is 4.74 Å². The minimum absolute atomic E-state index is 0.267. The molecule has 122 valence electrons. The molecule has 23 heavy (non-hydrogen) atoms. The van der Waals surface area contributed by atoms with Gasteiger partial charge in [-0.3, -0.25) is 0 Å². The Labute approximate surface area is 147 Å². The first-order valence-corrected chi connectivity index (χ1v) is 10.8. The first-order chi connectivity index (χ1) is 11.1. The van der Waals surface area contributed by atoms with Crippen LogP contribution in [-0.4, -0.2) is 38.2 Å². The van der Waals surface area contributed by atoms with E-state index >= 15 is 0 Å². The van der Waals surface area contributed by atoms with E-state index < -0.39 is 0 Å². The maximum absolute atomic E-state index is 6.02. The van der Waals surface area contributed by atoms with Gasteiger partial charge >= 0.3 is 0 Å². The summed E-state index contributed by atoms with van der Waals surface area (Å²) in [5.74, 6) is 0.507. The van der Waals surface area contributed by atoms with Gasteiger partial charge in [-0.15, -0.1) is 21.5 Å². The second-order valence-corrected chi connectivity index (χ2v) is 8.56. The summed E-state index contributed by atoms with van der Waals surface area (Å²) in [6, 6.07) is 0. The van der Waals surface area contributed by atoms with Gasteiger partial charge in [0.05, 0.1) is 18.1 Å². The lowest BCUT2D eigenvalue weighted by atomic mass is 9.96. The SMILES string of the molecule is CSc1nnc2c3c4c(sc3nc(SC)n12)CO[C@H](C(C)C)C4. The maximum atomic E-state index is 6.02. The molecule has 0 N–H and O–H groups in total. The molecular weight excluding hydrogens is 348 g/mol. The lowest BCUT2D eigenvalue weighted by molar-refractivity contribution is 0.00203. The first-order valence-electron chi connectivity index (χ1n) is 7.53. The van der Waals surface area contributed by atoms with E-state index in [9.17, 15) is 0 Å². The van der Waals surface area contributed by atoms with Crippen LogP contribution in [-0.2, 0) is 17.8 Å². The summed E-state index contributed by atoms with van der Waals surface area (Å²) in [5.41, 5.74) is 2.30. The standard InChI is InChI=1S/C15H18N4OS3/c1-7(2)9-5-8-10(6-20-9)23-13-11(8)12-17-18-15(22-4)19(12)14(16-13)21-3/h7,9H,5-6H2,1-4H3/t9-/m0/s1. The van der Waals surface area contributed by atoms with Crippen LogP contribution in [0.2, 0.25) is 0 Å². The molecule has 1 aliphatic rings. The molecule has 4 heterocycles. The van der Waals surface area contributed by atoms with Gasteiger partial charge in [-0.25, -0.2) is 9.38 Å². The zero-order valence-corrected chi connectivity index (χ0v) is 15.9. The number of thiophene rings is 1. The van der Waals surface area contributed by atoms with Gasteiger partial charge in [-0.2, -0.15) is 0 Å². The number of aromatic nitrogens is 4. The molecule has 0 unspecified atom stereocenters. The Balaban J connectivity index is 2.01. The van der Waals surface area contributed by atoms with Crippen molar-refractivity contribution in [1.29, 1.82) is 0 Å². The Kier molecular flexibility index (Phi) is 4.03. The minimum Gasteiger partial charge on any atom is -0.372 e. The van der Waals surface area contributed by atoms with Crippen molar-refractivity contribution in [3.05, 3.63) is 10.4 Å². The zero-order valence-electron chi connectivity index (χ0n) is 13.5. The Morgan fingerprint density at radius 2 is 2.00 bits per heavy atom. The summed E-state index contributed by atoms with van der Waals surface area (Å²) in [5, 5.41) is 11.8. The molecule has 0 radical (unpaired) electrons. The molecule has 0 amide bonds. The molecule has 0 aromatic carbocycles. The van der Waals surface area contributed by atoms with Crippen molar-refractivity contribution in [3.8, 4) is 0 Å². The molecule has 0 bridgehead atoms. The average Bonchev–Trinajstić information content (AvgIpc) is 3.13. The van der Waals surface area contributed by atoms with Crippen molar-refractivity contribution in [3.63, 3.8) is 0 Å². The summed E-state index contributed by atoms with van der Waals surface area (Å²) < 4.78 is 8.11. The van der Waals surface area contributed by atoms with Gasteiger partial charge in [0.1, 0.15) is 4.83 Å². The van der Waals surface area contributed by atoms with Gasteiger partial charge in [0, 0.05) is 11.3 Å². The fourth-order valence-electron chi connectivity index (χ4n) is 3.02. The predicted octanol–water partition coefficient (Wildman–Crippen LogP) is 3.88. The highest BCUT2D eigenvalue weighted by Gasteiger charge is 2.28. The summed E-state index contributed by atoms with van der Waals surface area (Å²) in [6.45, 7) is 5.11. The molecular formula is C15H18N4OS3. The van der Waals surface area contributed by atoms with Gasteiger partial charge in [0.15, 0.2) is 16.0 Å². The summed E-state index contributed by atoms with van der Waals surface area (Å²) >= 11 is 4.97. The van der Waals surface area contributed by atoms with Crippen molar-refractivity contribution in [1.82, 2.24) is 19.6 Å². The van der Waals surface area contributed by atoms with Crippen LogP contribution >= 0.6 is 34.9 Å². The quantitative estimate of drug-likeness (QED) is 0.518. The van der Waals surface area contributed by atoms with E-state index in [0.29, 0.717) is 12.5 Å². The number of hydrogen-bond acceptors (Lipinski definition) is 7. The van der Waals surface area contributed by atoms with E-state index in [-0.39, 0.29) is 6.10 Å². The van der Waals surface area contributed by atoms with Crippen molar-refractivity contribution in [2.24, 2.45) is 5.92 Å². The largest absolute Gasteiger partial charge is 0.372 e. The van der Waals surface area contributed by atoms with Gasteiger partial charge in [0.2, 0.25) is 0 Å². The van der Waals surface area contributed by atoms with Crippen LogP contribution in [0.25, 0.3) is 15.9 Å². The van der Waals surface area contributed by atoms with E-state index in [1.54, 1.807) is 34.9 Å². The fourth-order valence-corrected chi connectivity index (χ4v) is 5.27. The molecule has 4 rings (SSSR count). The second kappa shape index (κ2) is 5.91. The average molecular weight is 367 g/mol. The van der Waals surface area contributed by atoms with Gasteiger partial charge in [-0.1, -0.05) is 37.4 Å². The molecule has 5 nitrogen and oxygen atoms in total. The van der Waals surface area contributed by atoms with Crippen LogP contribution < -0.4 is 0 Å². The van der Waals surface area contributed by atoms with Gasteiger partial charge in [-0.05, 0) is 24.0 Å². The highest BCUT2D eigenvalue weighted by atomic mass is 32.2. The van der Waals surface area contributed by atoms with E-state index in [0.717, 1.165) is 27.2 Å². The van der Waals surface area contributed by atoms with Crippen molar-refractivity contribution in [2.75, 3.05) is 12.5 Å². The highest BCUT2D eigenvalue weighted by molar-refractivity contribution is 7.99. The predicted molar refractivity (Wildman–Crippen MR) is 96.8 cm³/mol. The molecule has 0 saturated heterocycles. The van der Waals surface area contributed by atoms with Crippen LogP contribution in [0.15, 0.2) is 10.3 Å². The molecule has 8 heteroatoms. The molecule has 0 spiro atoms. The highest BCUT2D eigenvalue weighted by Crippen LogP contribution is 2.39. The Morgan fingerprint density at radius 3 is 2.70 bits per heavy atom. The van der Waals surface area contributed by atoms with Crippen molar-refractivity contribution < 1.29 is 4.74 Å². The van der Waals surface area contributed by atoms with E-state index in [1.165, 1.54) is 15.8 Å². The van der Waals surface area contributed by atoms with Crippen LogP contribution in [0.4, 0.5) is 0 Å². The third-order valence-electron chi connectivity index (χ3n) is 4.26. The number of ether oxygens (including phenoxy) is 1. The van der Waals surface area contributed by atoms with Crippen molar-refractivity contribution in [2.45, 2.75) is 43.3 Å². The lowest BCUT2D eigenvalue weighted by Gasteiger charge is -2.26. The number of hydrogen-bond donors (Lipinski definition) is 0. The Hall–Kier alpha value is -0.830. The molecule has 0 fully saturated rings. The molecule has 1 atom stereocenters. The topological polar surface area (TPSA) is 52.3 Å². The minimum atomic E-state index is 0.267. The summed E-state index contributed by atoms with van der Waals surface area (Å²) in [7, 11) is 0. The Bertz CT molecular complexity index is 886. The maximum Gasteiger partial charge on any atom is 0.197 e. The number of nitrogens with zero attached hydrogens (tertiary/aromatic N) is 4. The normalized spacial score (nSPS) is 18.2. The fraction of sp³-hybridized carbons (Fsp3) is 0.533. The summed E-state index contributed by atoms with van der Waals surface area (Å²) in [4.78, 5) is 7.22. The smallest absolute Gasteiger partial charge is 0.197 e. The van der Waals surface area contributed by atoms with Crippen LogP contribution in [0.5, 0.6) is 0 Å². The van der Waals surface area contributed by atoms with E-state index in [4.69, 9.17) is 9.72 Å². The third-order valence-corrected chi connectivity index (χ3v) is 6.63. The van der Waals surface area contributed by atoms with Crippen molar-refractivity contribution >= 4 is 50.7 Å². The summed E-state index contributed by atoms with van der Waals surface area (Å²) in [6.07, 6.45) is 5.27. The van der Waals surface area contributed by atoms with E-state index in [2.05, 4.69) is 28.4 Å². The van der Waals surface area contributed by atoms with E-state index in [1.807, 2.05) is 12.5 Å². The number of fused-ring (bicyclic) bond motifs is 5. The second-order valence-electron chi connectivity index (χ2n) is 5.93. The zero-order chi connectivity index (χ0) is 16.1. The molecule has 3 aromatic heterocycles. The number of thioether (sulfide) groups is 2. The molecule has 0 saturated carbocycles. The van der Waals surface area contributed by atoms with Crippen LogP contribution in [0.3, 0.4) is 0 Å². The number of rotatable bonds is 3. The monoisotopic (exact) mass is 366 g/mol. The van der Waals surface area contributed by atoms with Gasteiger partial charge in [0.25, 0.3) is 0 Å². The lowest BCUT2D eigenvalue weighted by Crippen LogP contribution is -2.26. The molecule has 1 aliphatic heterocycles. The van der Waals surface area contributed by atoms with Crippen LogP contribution in [0.1, 0.15) is 24.3 Å². The first kappa shape index (κ1) is 15.7. The van der Waals surface area contributed by atoms with Crippen LogP contribution in [0, 0.1) is 5.92 Å². The Morgan fingerprint density at radius 1 is 1.22 bits per heavy atom. The molecule has 3 aromatic rings. The molecule has 0 aliphatic carbocycles. The third kappa shape index (κ3) is 2.38.